The number of hydrogen-bond donors (Lipinski definition) is 0. The zero-order valence-corrected chi connectivity index (χ0v) is 11.3. The standard InChI is InChI=1S/C6H9BF6N.K/c8-6(9,10)3-14(5-1-2-5)4-7(11,12)13;/h5H,1-4H2;/q-1;+1. The Balaban J connectivity index is 0.00000196. The first kappa shape index (κ1) is 16.2. The van der Waals surface area contributed by atoms with Gasteiger partial charge in [-0.15, -0.1) is 0 Å². The second kappa shape index (κ2) is 5.72. The van der Waals surface area contributed by atoms with Gasteiger partial charge in [-0.05, 0) is 19.3 Å². The Morgan fingerprint density at radius 2 is 1.60 bits per heavy atom. The second-order valence-electron chi connectivity index (χ2n) is 3.49. The molecule has 9 heteroatoms. The van der Waals surface area contributed by atoms with Crippen LogP contribution in [-0.4, -0.2) is 37.1 Å². The van der Waals surface area contributed by atoms with Crippen molar-refractivity contribution in [3.05, 3.63) is 0 Å². The Morgan fingerprint density at radius 1 is 1.13 bits per heavy atom. The van der Waals surface area contributed by atoms with Crippen LogP contribution >= 0.6 is 0 Å². The van der Waals surface area contributed by atoms with E-state index >= 15 is 0 Å². The van der Waals surface area contributed by atoms with E-state index in [4.69, 9.17) is 0 Å². The van der Waals surface area contributed by atoms with Crippen LogP contribution < -0.4 is 51.4 Å². The van der Waals surface area contributed by atoms with Gasteiger partial charge in [-0.1, -0.05) is 0 Å². The summed E-state index contributed by atoms with van der Waals surface area (Å²) < 4.78 is 71.4. The van der Waals surface area contributed by atoms with E-state index < -0.39 is 32.2 Å². The molecule has 1 fully saturated rings. The molecule has 0 aromatic heterocycles. The summed E-state index contributed by atoms with van der Waals surface area (Å²) in [5.74, 6) is 0. The maximum atomic E-state index is 11.9. The first-order chi connectivity index (χ1) is 6.17. The minimum atomic E-state index is -5.17. The fourth-order valence-corrected chi connectivity index (χ4v) is 1.28. The van der Waals surface area contributed by atoms with Gasteiger partial charge >= 0.3 is 64.5 Å². The van der Waals surface area contributed by atoms with Gasteiger partial charge in [0, 0.05) is 6.04 Å². The van der Waals surface area contributed by atoms with Gasteiger partial charge in [0.25, 0.3) is 0 Å². The number of rotatable bonds is 4. The van der Waals surface area contributed by atoms with Crippen LogP contribution in [0.15, 0.2) is 0 Å². The summed E-state index contributed by atoms with van der Waals surface area (Å²) in [5.41, 5.74) is 0. The van der Waals surface area contributed by atoms with Gasteiger partial charge in [0.05, 0.1) is 6.54 Å². The molecule has 1 rings (SSSR count). The van der Waals surface area contributed by atoms with Crippen LogP contribution in [0.25, 0.3) is 0 Å². The predicted molar refractivity (Wildman–Crippen MR) is 39.7 cm³/mol. The van der Waals surface area contributed by atoms with Crippen molar-refractivity contribution in [3.8, 4) is 0 Å². The summed E-state index contributed by atoms with van der Waals surface area (Å²) >= 11 is 0. The first-order valence-corrected chi connectivity index (χ1v) is 4.19. The van der Waals surface area contributed by atoms with Crippen molar-refractivity contribution in [2.24, 2.45) is 0 Å². The Bertz CT molecular complexity index is 185. The van der Waals surface area contributed by atoms with Crippen LogP contribution in [0.4, 0.5) is 26.1 Å². The molecule has 0 N–H and O–H groups in total. The molecule has 15 heavy (non-hydrogen) atoms. The van der Waals surface area contributed by atoms with E-state index in [0.717, 1.165) is 0 Å². The third-order valence-electron chi connectivity index (χ3n) is 1.89. The Morgan fingerprint density at radius 3 is 1.87 bits per heavy atom. The molecule has 0 aromatic carbocycles. The monoisotopic (exact) mass is 259 g/mol. The number of alkyl halides is 3. The SMILES string of the molecule is F[B-](F)(F)CN(CC(F)(F)F)C1CC1.[K+]. The van der Waals surface area contributed by atoms with Gasteiger partial charge in [-0.2, -0.15) is 13.2 Å². The molecule has 0 heterocycles. The van der Waals surface area contributed by atoms with Gasteiger partial charge in [0.1, 0.15) is 0 Å². The summed E-state index contributed by atoms with van der Waals surface area (Å²) in [6, 6.07) is -0.528. The van der Waals surface area contributed by atoms with E-state index in [1.165, 1.54) is 0 Å². The molecule has 1 aliphatic carbocycles. The molecule has 0 radical (unpaired) electrons. The molecule has 0 amide bonds. The molecule has 1 aliphatic rings. The number of hydrogen-bond acceptors (Lipinski definition) is 1. The van der Waals surface area contributed by atoms with Crippen molar-refractivity contribution in [3.63, 3.8) is 0 Å². The molecule has 0 aliphatic heterocycles. The van der Waals surface area contributed by atoms with Crippen molar-refractivity contribution >= 4 is 6.98 Å². The van der Waals surface area contributed by atoms with Gasteiger partial charge in [-0.3, -0.25) is 0 Å². The van der Waals surface area contributed by atoms with E-state index in [9.17, 15) is 26.1 Å². The Kier molecular flexibility index (Phi) is 6.20. The number of nitrogens with zero attached hydrogens (tertiary/aromatic N) is 1. The average Bonchev–Trinajstić information content (AvgIpc) is 2.57. The Hall–Kier alpha value is 1.24. The summed E-state index contributed by atoms with van der Waals surface area (Å²) in [7, 11) is 0. The molecular formula is C6H9BF6KN. The average molecular weight is 259 g/mol. The molecule has 0 bridgehead atoms. The van der Waals surface area contributed by atoms with E-state index in [1.807, 2.05) is 0 Å². The molecule has 0 atom stereocenters. The minimum absolute atomic E-state index is 0. The molecular weight excluding hydrogens is 250 g/mol. The van der Waals surface area contributed by atoms with Crippen LogP contribution in [0.3, 0.4) is 0 Å². The maximum Gasteiger partial charge on any atom is 1.00 e. The van der Waals surface area contributed by atoms with Crippen LogP contribution in [0.5, 0.6) is 0 Å². The largest absolute Gasteiger partial charge is 1.00 e. The van der Waals surface area contributed by atoms with Gasteiger partial charge in [-0.25, -0.2) is 0 Å². The predicted octanol–water partition coefficient (Wildman–Crippen LogP) is -0.596. The third kappa shape index (κ3) is 8.03. The summed E-state index contributed by atoms with van der Waals surface area (Å²) in [4.78, 5) is 0.472. The van der Waals surface area contributed by atoms with Crippen LogP contribution in [-0.2, 0) is 0 Å². The normalized spacial score (nSPS) is 17.8. The molecule has 0 aromatic rings. The number of halogens is 6. The summed E-state index contributed by atoms with van der Waals surface area (Å²) in [6.07, 6.45) is -5.10. The van der Waals surface area contributed by atoms with Crippen molar-refractivity contribution in [2.75, 3.05) is 13.0 Å². The molecule has 1 saturated carbocycles. The van der Waals surface area contributed by atoms with E-state index in [-0.39, 0.29) is 51.4 Å². The fraction of sp³-hybridized carbons (Fsp3) is 1.00. The van der Waals surface area contributed by atoms with Crippen molar-refractivity contribution in [1.82, 2.24) is 4.90 Å². The van der Waals surface area contributed by atoms with Crippen LogP contribution in [0.2, 0.25) is 0 Å². The summed E-state index contributed by atoms with van der Waals surface area (Å²) in [6.45, 7) is -6.63. The smallest absolute Gasteiger partial charge is 0.448 e. The maximum absolute atomic E-state index is 11.9. The summed E-state index contributed by atoms with van der Waals surface area (Å²) in [5, 5.41) is 0. The third-order valence-corrected chi connectivity index (χ3v) is 1.89. The second-order valence-corrected chi connectivity index (χ2v) is 3.49. The van der Waals surface area contributed by atoms with Gasteiger partial charge < -0.3 is 17.8 Å². The molecule has 0 unspecified atom stereocenters. The van der Waals surface area contributed by atoms with Crippen molar-refractivity contribution in [2.45, 2.75) is 25.1 Å². The zero-order chi connectivity index (χ0) is 11.0. The van der Waals surface area contributed by atoms with E-state index in [1.54, 1.807) is 0 Å². The fourth-order valence-electron chi connectivity index (χ4n) is 1.28. The molecule has 0 saturated heterocycles. The van der Waals surface area contributed by atoms with E-state index in [2.05, 4.69) is 0 Å². The van der Waals surface area contributed by atoms with Crippen molar-refractivity contribution in [1.29, 1.82) is 0 Å². The topological polar surface area (TPSA) is 3.24 Å². The molecule has 84 valence electrons. The minimum Gasteiger partial charge on any atom is -0.448 e. The molecule has 0 spiro atoms. The van der Waals surface area contributed by atoms with Crippen LogP contribution in [0.1, 0.15) is 12.8 Å². The van der Waals surface area contributed by atoms with Gasteiger partial charge in [0.15, 0.2) is 0 Å². The zero-order valence-electron chi connectivity index (χ0n) is 8.20. The Labute approximate surface area is 126 Å². The van der Waals surface area contributed by atoms with E-state index in [0.29, 0.717) is 17.7 Å². The van der Waals surface area contributed by atoms with Gasteiger partial charge in [0.2, 0.25) is 0 Å². The quantitative estimate of drug-likeness (QED) is 0.481. The first-order valence-electron chi connectivity index (χ1n) is 4.19. The molecule has 1 nitrogen and oxygen atoms in total. The van der Waals surface area contributed by atoms with Crippen molar-refractivity contribution < 1.29 is 77.5 Å². The van der Waals surface area contributed by atoms with Crippen LogP contribution in [0, 0.1) is 0 Å².